The topological polar surface area (TPSA) is 94.0 Å². The van der Waals surface area contributed by atoms with E-state index in [9.17, 15) is 4.79 Å². The lowest BCUT2D eigenvalue weighted by Gasteiger charge is -2.19. The number of nitrogens with one attached hydrogen (secondary N) is 2. The number of anilines is 1. The lowest BCUT2D eigenvalue weighted by Crippen LogP contribution is -2.35. The third kappa shape index (κ3) is 4.87. The minimum Gasteiger partial charge on any atom is -0.379 e. The van der Waals surface area contributed by atoms with Crippen LogP contribution in [0, 0.1) is 6.92 Å². The van der Waals surface area contributed by atoms with Gasteiger partial charge in [-0.05, 0) is 37.6 Å². The van der Waals surface area contributed by atoms with Crippen LogP contribution in [0.25, 0.3) is 16.6 Å². The van der Waals surface area contributed by atoms with E-state index in [-0.39, 0.29) is 12.1 Å². The van der Waals surface area contributed by atoms with E-state index in [1.54, 1.807) is 29.3 Å². The fraction of sp³-hybridized carbons (Fsp3) is 0.217. The highest BCUT2D eigenvalue weighted by atomic mass is 16.5. The first kappa shape index (κ1) is 20.5. The van der Waals surface area contributed by atoms with Crippen molar-refractivity contribution in [3.05, 3.63) is 78.4 Å². The molecule has 0 bridgehead atoms. The molecule has 0 saturated carbocycles. The summed E-state index contributed by atoms with van der Waals surface area (Å²) in [7, 11) is 0. The Hall–Kier alpha value is -3.78. The van der Waals surface area contributed by atoms with Crippen molar-refractivity contribution in [3.63, 3.8) is 0 Å². The molecule has 0 aliphatic heterocycles. The molecule has 8 heteroatoms. The van der Waals surface area contributed by atoms with Crippen LogP contribution in [0.4, 0.5) is 10.6 Å². The number of urea groups is 1. The monoisotopic (exact) mass is 416 g/mol. The van der Waals surface area contributed by atoms with Crippen molar-refractivity contribution >= 4 is 22.8 Å². The van der Waals surface area contributed by atoms with Gasteiger partial charge in [0.15, 0.2) is 0 Å². The highest BCUT2D eigenvalue weighted by molar-refractivity contribution is 5.91. The third-order valence-electron chi connectivity index (χ3n) is 4.82. The average Bonchev–Trinajstić information content (AvgIpc) is 3.20. The Bertz CT molecular complexity index is 1180. The number of pyridine rings is 2. The Balaban J connectivity index is 1.49. The summed E-state index contributed by atoms with van der Waals surface area (Å²) >= 11 is 0. The molecule has 2 amide bonds. The highest BCUT2D eigenvalue weighted by Gasteiger charge is 2.15. The largest absolute Gasteiger partial charge is 0.379 e. The summed E-state index contributed by atoms with van der Waals surface area (Å²) < 4.78 is 7.34. The standard InChI is InChI=1S/C23H24N6O2/c1-3-31-15-20(17-7-5-4-6-8-17)27-23(30)28-22-12-18-13-26-29(21(18)14-25-22)19-9-10-24-16(2)11-19/h4-14,20H,3,15H2,1-2H3,(H2,25,27,28,30)/t20-/m1/s1. The minimum atomic E-state index is -0.349. The molecule has 4 rings (SSSR count). The molecule has 4 aromatic rings. The van der Waals surface area contributed by atoms with Crippen molar-refractivity contribution in [2.24, 2.45) is 0 Å². The number of hydrogen-bond donors (Lipinski definition) is 2. The molecule has 3 aromatic heterocycles. The molecule has 1 atom stereocenters. The van der Waals surface area contributed by atoms with Crippen molar-refractivity contribution in [2.75, 3.05) is 18.5 Å². The smallest absolute Gasteiger partial charge is 0.320 e. The molecule has 0 aliphatic carbocycles. The van der Waals surface area contributed by atoms with Crippen LogP contribution in [-0.2, 0) is 4.74 Å². The molecule has 31 heavy (non-hydrogen) atoms. The van der Waals surface area contributed by atoms with Crippen molar-refractivity contribution in [1.82, 2.24) is 25.1 Å². The number of rotatable bonds is 7. The van der Waals surface area contributed by atoms with Gasteiger partial charge in [0.2, 0.25) is 0 Å². The number of aryl methyl sites for hydroxylation is 1. The Morgan fingerprint density at radius 3 is 2.74 bits per heavy atom. The Labute approximate surface area is 180 Å². The number of aromatic nitrogens is 4. The van der Waals surface area contributed by atoms with Gasteiger partial charge in [-0.1, -0.05) is 30.3 Å². The van der Waals surface area contributed by atoms with E-state index < -0.39 is 0 Å². The number of carbonyl (C=O) groups excluding carboxylic acids is 1. The number of fused-ring (bicyclic) bond motifs is 1. The van der Waals surface area contributed by atoms with Gasteiger partial charge in [0.1, 0.15) is 5.82 Å². The van der Waals surface area contributed by atoms with Crippen LogP contribution >= 0.6 is 0 Å². The number of carbonyl (C=O) groups is 1. The third-order valence-corrected chi connectivity index (χ3v) is 4.82. The molecule has 0 saturated heterocycles. The number of nitrogens with zero attached hydrogens (tertiary/aromatic N) is 4. The molecule has 3 heterocycles. The van der Waals surface area contributed by atoms with Gasteiger partial charge in [-0.25, -0.2) is 14.5 Å². The molecule has 1 aromatic carbocycles. The van der Waals surface area contributed by atoms with Crippen molar-refractivity contribution in [3.8, 4) is 5.69 Å². The van der Waals surface area contributed by atoms with Crippen molar-refractivity contribution in [1.29, 1.82) is 0 Å². The van der Waals surface area contributed by atoms with E-state index in [0.717, 1.165) is 27.8 Å². The maximum Gasteiger partial charge on any atom is 0.320 e. The molecular formula is C23H24N6O2. The summed E-state index contributed by atoms with van der Waals surface area (Å²) in [4.78, 5) is 21.2. The zero-order chi connectivity index (χ0) is 21.6. The molecule has 0 aliphatic rings. The second-order valence-corrected chi connectivity index (χ2v) is 7.06. The summed E-state index contributed by atoms with van der Waals surface area (Å²) in [6.07, 6.45) is 5.19. The lowest BCUT2D eigenvalue weighted by molar-refractivity contribution is 0.125. The van der Waals surface area contributed by atoms with Crippen molar-refractivity contribution < 1.29 is 9.53 Å². The fourth-order valence-corrected chi connectivity index (χ4v) is 3.32. The van der Waals surface area contributed by atoms with E-state index >= 15 is 0 Å². The summed E-state index contributed by atoms with van der Waals surface area (Å²) in [5.74, 6) is 0.443. The summed E-state index contributed by atoms with van der Waals surface area (Å²) in [6.45, 7) is 4.82. The van der Waals surface area contributed by atoms with Gasteiger partial charge in [0.05, 0.1) is 36.2 Å². The molecule has 0 spiro atoms. The van der Waals surface area contributed by atoms with Crippen LogP contribution in [0.2, 0.25) is 0 Å². The first-order valence-electron chi connectivity index (χ1n) is 10.1. The zero-order valence-electron chi connectivity index (χ0n) is 17.4. The number of benzene rings is 1. The van der Waals surface area contributed by atoms with Gasteiger partial charge in [-0.15, -0.1) is 0 Å². The first-order valence-corrected chi connectivity index (χ1v) is 10.1. The number of hydrogen-bond acceptors (Lipinski definition) is 5. The maximum absolute atomic E-state index is 12.6. The maximum atomic E-state index is 12.6. The highest BCUT2D eigenvalue weighted by Crippen LogP contribution is 2.20. The summed E-state index contributed by atoms with van der Waals surface area (Å²) in [6, 6.07) is 14.8. The lowest BCUT2D eigenvalue weighted by atomic mass is 10.1. The van der Waals surface area contributed by atoms with Gasteiger partial charge < -0.3 is 10.1 Å². The molecule has 158 valence electrons. The Kier molecular flexibility index (Phi) is 6.18. The quantitative estimate of drug-likeness (QED) is 0.474. The van der Waals surface area contributed by atoms with Gasteiger partial charge in [0, 0.05) is 23.9 Å². The van der Waals surface area contributed by atoms with E-state index in [4.69, 9.17) is 4.74 Å². The molecular weight excluding hydrogens is 392 g/mol. The predicted molar refractivity (Wildman–Crippen MR) is 119 cm³/mol. The molecule has 0 fully saturated rings. The van der Waals surface area contributed by atoms with Crippen LogP contribution < -0.4 is 10.6 Å². The van der Waals surface area contributed by atoms with E-state index in [1.807, 2.05) is 56.3 Å². The van der Waals surface area contributed by atoms with E-state index in [2.05, 4.69) is 25.7 Å². The van der Waals surface area contributed by atoms with Crippen LogP contribution in [0.5, 0.6) is 0 Å². The van der Waals surface area contributed by atoms with Gasteiger partial charge in [-0.2, -0.15) is 5.10 Å². The molecule has 0 radical (unpaired) electrons. The van der Waals surface area contributed by atoms with Gasteiger partial charge >= 0.3 is 6.03 Å². The predicted octanol–water partition coefficient (Wildman–Crippen LogP) is 4.02. The van der Waals surface area contributed by atoms with E-state index in [1.165, 1.54) is 0 Å². The summed E-state index contributed by atoms with van der Waals surface area (Å²) in [5, 5.41) is 11.1. The van der Waals surface area contributed by atoms with Gasteiger partial charge in [0.25, 0.3) is 0 Å². The minimum absolute atomic E-state index is 0.262. The number of ether oxygens (including phenoxy) is 1. The van der Waals surface area contributed by atoms with Crippen LogP contribution in [0.1, 0.15) is 24.2 Å². The second-order valence-electron chi connectivity index (χ2n) is 7.06. The first-order chi connectivity index (χ1) is 15.1. The van der Waals surface area contributed by atoms with Crippen LogP contribution in [-0.4, -0.2) is 39.0 Å². The molecule has 8 nitrogen and oxygen atoms in total. The average molecular weight is 416 g/mol. The Morgan fingerprint density at radius 1 is 1.13 bits per heavy atom. The Morgan fingerprint density at radius 2 is 1.97 bits per heavy atom. The van der Waals surface area contributed by atoms with Crippen LogP contribution in [0.15, 0.2) is 67.1 Å². The summed E-state index contributed by atoms with van der Waals surface area (Å²) in [5.41, 5.74) is 3.63. The van der Waals surface area contributed by atoms with Crippen molar-refractivity contribution in [2.45, 2.75) is 19.9 Å². The van der Waals surface area contributed by atoms with Gasteiger partial charge in [-0.3, -0.25) is 10.3 Å². The fourth-order valence-electron chi connectivity index (χ4n) is 3.32. The van der Waals surface area contributed by atoms with E-state index in [0.29, 0.717) is 19.0 Å². The van der Waals surface area contributed by atoms with Crippen LogP contribution in [0.3, 0.4) is 0 Å². The normalized spacial score (nSPS) is 11.9. The zero-order valence-corrected chi connectivity index (χ0v) is 17.4. The molecule has 0 unspecified atom stereocenters. The molecule has 2 N–H and O–H groups in total. The number of amides is 2. The second kappa shape index (κ2) is 9.36. The SMILES string of the molecule is CCOC[C@@H](NC(=O)Nc1cc2cnn(-c3ccnc(C)c3)c2cn1)c1ccccc1.